The first-order valence-electron chi connectivity index (χ1n) is 11.6. The molecule has 3 N–H and O–H groups in total. The van der Waals surface area contributed by atoms with Gasteiger partial charge < -0.3 is 15.5 Å². The number of fused-ring (bicyclic) bond motifs is 2. The number of benzene rings is 2. The Morgan fingerprint density at radius 1 is 1.09 bits per heavy atom. The number of amides is 1. The van der Waals surface area contributed by atoms with E-state index in [9.17, 15) is 13.2 Å². The predicted molar refractivity (Wildman–Crippen MR) is 134 cm³/mol. The number of carbonyl (C=O) groups excluding carboxylic acids is 1. The minimum Gasteiger partial charge on any atom is -0.438 e. The van der Waals surface area contributed by atoms with Gasteiger partial charge in [-0.15, -0.1) is 0 Å². The Morgan fingerprint density at radius 2 is 1.83 bits per heavy atom. The highest BCUT2D eigenvalue weighted by molar-refractivity contribution is 7.85. The molecule has 1 spiro atoms. The summed E-state index contributed by atoms with van der Waals surface area (Å²) >= 11 is 0. The lowest BCUT2D eigenvalue weighted by atomic mass is 9.74. The average molecular weight is 491 g/mol. The third-order valence-electron chi connectivity index (χ3n) is 7.34. The van der Waals surface area contributed by atoms with E-state index in [2.05, 4.69) is 23.2 Å². The molecule has 0 unspecified atom stereocenters. The van der Waals surface area contributed by atoms with Crippen LogP contribution >= 0.6 is 0 Å². The molecule has 2 aliphatic rings. The van der Waals surface area contributed by atoms with Crippen molar-refractivity contribution in [3.8, 4) is 11.8 Å². The van der Waals surface area contributed by atoms with Crippen molar-refractivity contribution in [2.75, 3.05) is 31.2 Å². The third kappa shape index (κ3) is 4.06. The Bertz CT molecular complexity index is 1440. The van der Waals surface area contributed by atoms with Gasteiger partial charge in [-0.3, -0.25) is 0 Å². The van der Waals surface area contributed by atoms with Crippen LogP contribution in [0.25, 0.3) is 0 Å². The summed E-state index contributed by atoms with van der Waals surface area (Å²) in [6, 6.07) is 18.7. The van der Waals surface area contributed by atoms with Gasteiger partial charge in [-0.2, -0.15) is 12.3 Å². The molecule has 0 radical (unpaired) electrons. The van der Waals surface area contributed by atoms with Crippen LogP contribution in [-0.4, -0.2) is 44.1 Å². The van der Waals surface area contributed by atoms with E-state index in [1.165, 1.54) is 6.07 Å². The van der Waals surface area contributed by atoms with Gasteiger partial charge in [0.25, 0.3) is 0 Å². The summed E-state index contributed by atoms with van der Waals surface area (Å²) in [5.41, 5.74) is 9.71. The molecule has 3 heterocycles. The van der Waals surface area contributed by atoms with Crippen LogP contribution in [0, 0.1) is 11.8 Å². The van der Waals surface area contributed by atoms with Crippen molar-refractivity contribution in [3.05, 3.63) is 88.9 Å². The van der Waals surface area contributed by atoms with Crippen molar-refractivity contribution < 1.29 is 21.5 Å². The Kier molecular flexibility index (Phi) is 5.80. The third-order valence-corrected chi connectivity index (χ3v) is 9.14. The van der Waals surface area contributed by atoms with Gasteiger partial charge in [0, 0.05) is 42.6 Å². The molecule has 1 saturated heterocycles. The molecule has 180 valence electrons. The second-order valence-electron chi connectivity index (χ2n) is 9.37. The molecule has 35 heavy (non-hydrogen) atoms. The molecule has 1 amide bonds. The van der Waals surface area contributed by atoms with E-state index >= 15 is 0 Å². The maximum atomic E-state index is 13.6. The van der Waals surface area contributed by atoms with Gasteiger partial charge in [-0.25, -0.2) is 4.79 Å². The van der Waals surface area contributed by atoms with E-state index in [0.29, 0.717) is 31.7 Å². The van der Waals surface area contributed by atoms with Gasteiger partial charge in [0.1, 0.15) is 13.1 Å². The number of nitrogens with two attached hydrogens (primary N) is 1. The highest BCUT2D eigenvalue weighted by Crippen LogP contribution is 2.46. The molecule has 0 atom stereocenters. The van der Waals surface area contributed by atoms with E-state index in [-0.39, 0.29) is 24.3 Å². The first-order chi connectivity index (χ1) is 16.8. The second kappa shape index (κ2) is 8.68. The van der Waals surface area contributed by atoms with Crippen LogP contribution in [0.1, 0.15) is 45.8 Å². The van der Waals surface area contributed by atoms with Gasteiger partial charge in [0.15, 0.2) is 5.76 Å². The lowest BCUT2D eigenvalue weighted by Crippen LogP contribution is -2.62. The molecule has 2 aromatic carbocycles. The number of hydrogen-bond donors (Lipinski definition) is 2. The molecule has 0 aliphatic carbocycles. The van der Waals surface area contributed by atoms with Gasteiger partial charge in [0.2, 0.25) is 5.76 Å². The molecular weight excluding hydrogens is 462 g/mol. The first-order valence-corrected chi connectivity index (χ1v) is 13.5. The monoisotopic (exact) mass is 490 g/mol. The van der Waals surface area contributed by atoms with Crippen LogP contribution in [0.5, 0.6) is 0 Å². The Balaban J connectivity index is 1.42. The van der Waals surface area contributed by atoms with Crippen molar-refractivity contribution in [1.82, 2.24) is 0 Å². The molecule has 8 heteroatoms. The molecule has 0 bridgehead atoms. The summed E-state index contributed by atoms with van der Waals surface area (Å²) in [6.07, 6.45) is 2.25. The molecule has 7 nitrogen and oxygen atoms in total. The lowest BCUT2D eigenvalue weighted by molar-refractivity contribution is -0.729. The van der Waals surface area contributed by atoms with E-state index in [4.69, 9.17) is 10.2 Å². The van der Waals surface area contributed by atoms with Gasteiger partial charge in [-0.1, -0.05) is 36.3 Å². The number of quaternary nitrogens is 1. The summed E-state index contributed by atoms with van der Waals surface area (Å²) in [7, 11) is -3.77. The van der Waals surface area contributed by atoms with Gasteiger partial charge in [-0.05, 0) is 47.4 Å². The second-order valence-corrected chi connectivity index (χ2v) is 11.5. The van der Waals surface area contributed by atoms with Crippen LogP contribution in [0.2, 0.25) is 0 Å². The first kappa shape index (κ1) is 23.4. The Hall–Kier alpha value is -3.38. The quantitative estimate of drug-likeness (QED) is 0.432. The molecule has 3 aromatic rings. The standard InChI is InChI=1S/C27H28N3O4S/c1-35(32,33)30(26(31)25-12-10-22(34-25)9-7-20-5-3-2-4-6-20)15-13-27(14-16-30)19-29-24-11-8-21(18-28)17-23(24)27/h2-6,8,10-12,17,29H,13-16,18-19,28H2,1H3/q+1. The maximum absolute atomic E-state index is 13.6. The molecule has 1 fully saturated rings. The fraction of sp³-hybridized carbons (Fsp3) is 0.296. The summed E-state index contributed by atoms with van der Waals surface area (Å²) in [4.78, 5) is 13.6. The number of piperidine rings is 1. The Morgan fingerprint density at radius 3 is 2.51 bits per heavy atom. The molecule has 1 aromatic heterocycles. The van der Waals surface area contributed by atoms with Crippen LogP contribution in [0.15, 0.2) is 65.1 Å². The highest BCUT2D eigenvalue weighted by Gasteiger charge is 2.55. The molecule has 2 aliphatic heterocycles. The number of furan rings is 1. The van der Waals surface area contributed by atoms with Crippen molar-refractivity contribution >= 4 is 21.6 Å². The zero-order valence-electron chi connectivity index (χ0n) is 19.6. The van der Waals surface area contributed by atoms with Crippen LogP contribution in [-0.2, 0) is 22.0 Å². The molecular formula is C27H28N3O4S+. The van der Waals surface area contributed by atoms with Crippen LogP contribution in [0.4, 0.5) is 5.69 Å². The number of hydrogen-bond acceptors (Lipinski definition) is 6. The number of anilines is 1. The topological polar surface area (TPSA) is 102 Å². The summed E-state index contributed by atoms with van der Waals surface area (Å²) < 4.78 is 31.1. The van der Waals surface area contributed by atoms with Crippen molar-refractivity contribution in [1.29, 1.82) is 0 Å². The number of carbonyl (C=O) groups is 1. The van der Waals surface area contributed by atoms with E-state index < -0.39 is 19.8 Å². The van der Waals surface area contributed by atoms with E-state index in [0.717, 1.165) is 28.6 Å². The van der Waals surface area contributed by atoms with Gasteiger partial charge >= 0.3 is 15.9 Å². The zero-order chi connectivity index (χ0) is 24.7. The number of nitrogens with zero attached hydrogens (tertiary/aromatic N) is 1. The minimum absolute atomic E-state index is 0.0131. The van der Waals surface area contributed by atoms with E-state index in [1.807, 2.05) is 42.5 Å². The molecule has 0 saturated carbocycles. The SMILES string of the molecule is CS(=O)(=O)[N+]1(C(=O)c2ccc(C#Cc3ccccc3)o2)CCC2(CC1)CNc1ccc(CN)cc12. The maximum Gasteiger partial charge on any atom is 0.396 e. The zero-order valence-corrected chi connectivity index (χ0v) is 20.4. The van der Waals surface area contributed by atoms with Crippen LogP contribution in [0.3, 0.4) is 0 Å². The van der Waals surface area contributed by atoms with Crippen molar-refractivity contribution in [2.45, 2.75) is 24.8 Å². The lowest BCUT2D eigenvalue weighted by Gasteiger charge is -2.43. The van der Waals surface area contributed by atoms with Crippen molar-refractivity contribution in [3.63, 3.8) is 0 Å². The highest BCUT2D eigenvalue weighted by atomic mass is 32.2. The largest absolute Gasteiger partial charge is 0.438 e. The van der Waals surface area contributed by atoms with Gasteiger partial charge in [0.05, 0.1) is 6.26 Å². The normalized spacial score (nSPS) is 23.3. The fourth-order valence-electron chi connectivity index (χ4n) is 5.20. The predicted octanol–water partition coefficient (Wildman–Crippen LogP) is 3.21. The number of nitrogens with one attached hydrogen (secondary N) is 1. The number of rotatable bonds is 3. The van der Waals surface area contributed by atoms with E-state index in [1.54, 1.807) is 6.07 Å². The van der Waals surface area contributed by atoms with Crippen molar-refractivity contribution in [2.24, 2.45) is 5.73 Å². The molecule has 5 rings (SSSR count). The smallest absolute Gasteiger partial charge is 0.396 e. The summed E-state index contributed by atoms with van der Waals surface area (Å²) in [5, 5.41) is 3.45. The summed E-state index contributed by atoms with van der Waals surface area (Å²) in [6.45, 7) is 1.52. The number of likely N-dealkylation sites (tertiary alicyclic amines) is 1. The average Bonchev–Trinajstić information content (AvgIpc) is 3.48. The van der Waals surface area contributed by atoms with Crippen LogP contribution < -0.4 is 11.1 Å². The Labute approximate surface area is 205 Å². The minimum atomic E-state index is -3.77. The summed E-state index contributed by atoms with van der Waals surface area (Å²) in [5.74, 6) is 5.69. The fourth-order valence-corrected chi connectivity index (χ4v) is 6.44. The number of sulfonamides is 1.